The molecule has 0 aliphatic carbocycles. The summed E-state index contributed by atoms with van der Waals surface area (Å²) < 4.78 is 37.0. The molecule has 1 aromatic rings. The van der Waals surface area contributed by atoms with Gasteiger partial charge < -0.3 is 19.7 Å². The number of ether oxygens (including phenoxy) is 2. The van der Waals surface area contributed by atoms with Gasteiger partial charge in [-0.3, -0.25) is 4.90 Å². The quantitative estimate of drug-likeness (QED) is 0.715. The number of rotatable bonds is 9. The minimum atomic E-state index is -2.90. The van der Waals surface area contributed by atoms with Crippen molar-refractivity contribution in [2.24, 2.45) is 0 Å². The van der Waals surface area contributed by atoms with E-state index in [1.54, 1.807) is 13.2 Å². The van der Waals surface area contributed by atoms with Gasteiger partial charge in [0, 0.05) is 39.8 Å². The second kappa shape index (κ2) is 12.0. The maximum Gasteiger partial charge on any atom is 0.293 e. The molecule has 0 bridgehead atoms. The normalized spacial score (nSPS) is 15.4. The Kier molecular flexibility index (Phi) is 10.4. The highest BCUT2D eigenvalue weighted by Crippen LogP contribution is 2.20. The lowest BCUT2D eigenvalue weighted by Crippen LogP contribution is -2.47. The predicted molar refractivity (Wildman–Crippen MR) is 100 cm³/mol. The molecule has 0 saturated carbocycles. The number of anilines is 1. The highest BCUT2D eigenvalue weighted by atomic mass is 19.3. The third-order valence-corrected chi connectivity index (χ3v) is 3.91. The number of methoxy groups -OCH3 is 1. The first-order chi connectivity index (χ1) is 12.5. The molecule has 2 heterocycles. The second-order valence-corrected chi connectivity index (χ2v) is 5.85. The summed E-state index contributed by atoms with van der Waals surface area (Å²) in [7, 11) is 3.19. The van der Waals surface area contributed by atoms with E-state index in [9.17, 15) is 8.78 Å². The lowest BCUT2D eigenvalue weighted by atomic mass is 10.3. The minimum absolute atomic E-state index is 0.355. The van der Waals surface area contributed by atoms with E-state index in [1.807, 2.05) is 19.9 Å². The maximum atomic E-state index is 13.4. The van der Waals surface area contributed by atoms with Crippen molar-refractivity contribution in [3.05, 3.63) is 18.3 Å². The molecular formula is C18H32F2N4O2. The standard InChI is InChI=1S/C16H26F2N4O2.C2H6/c1-19-12-16(17,18)13-24-14-3-4-15(20-11-14)22-7-5-21(6-8-22)9-10-23-2;1-2/h3-4,11,19H,5-10,12-13H2,1-2H3;1-2H3. The summed E-state index contributed by atoms with van der Waals surface area (Å²) in [6, 6.07) is 3.51. The summed E-state index contributed by atoms with van der Waals surface area (Å²) >= 11 is 0. The van der Waals surface area contributed by atoms with E-state index in [0.29, 0.717) is 5.75 Å². The van der Waals surface area contributed by atoms with Gasteiger partial charge in [-0.1, -0.05) is 13.8 Å². The van der Waals surface area contributed by atoms with Crippen LogP contribution in [-0.4, -0.2) is 82.4 Å². The number of alkyl halides is 2. The molecule has 1 fully saturated rings. The van der Waals surface area contributed by atoms with Gasteiger partial charge in [-0.2, -0.15) is 0 Å². The van der Waals surface area contributed by atoms with Crippen LogP contribution in [0.3, 0.4) is 0 Å². The van der Waals surface area contributed by atoms with Crippen LogP contribution in [0.1, 0.15) is 13.8 Å². The molecule has 1 aliphatic heterocycles. The van der Waals surface area contributed by atoms with Gasteiger partial charge in [-0.15, -0.1) is 0 Å². The second-order valence-electron chi connectivity index (χ2n) is 5.85. The number of hydrogen-bond acceptors (Lipinski definition) is 6. The molecule has 26 heavy (non-hydrogen) atoms. The Hall–Kier alpha value is -1.51. The van der Waals surface area contributed by atoms with Gasteiger partial charge in [0.25, 0.3) is 5.92 Å². The number of pyridine rings is 1. The van der Waals surface area contributed by atoms with Crippen LogP contribution < -0.4 is 15.0 Å². The molecule has 150 valence electrons. The van der Waals surface area contributed by atoms with E-state index in [0.717, 1.165) is 45.1 Å². The molecule has 0 aromatic carbocycles. The Morgan fingerprint density at radius 2 is 1.88 bits per heavy atom. The third kappa shape index (κ3) is 7.80. The monoisotopic (exact) mass is 374 g/mol. The van der Waals surface area contributed by atoms with Crippen molar-refractivity contribution >= 4 is 5.82 Å². The van der Waals surface area contributed by atoms with Gasteiger partial charge in [0.15, 0.2) is 6.61 Å². The SMILES string of the molecule is CC.CNCC(F)(F)COc1ccc(N2CCN(CCOC)CC2)nc1. The number of hydrogen-bond donors (Lipinski definition) is 1. The molecule has 1 aromatic heterocycles. The van der Waals surface area contributed by atoms with Crippen LogP contribution in [0.2, 0.25) is 0 Å². The fourth-order valence-corrected chi connectivity index (χ4v) is 2.56. The van der Waals surface area contributed by atoms with E-state index >= 15 is 0 Å². The van der Waals surface area contributed by atoms with Crippen molar-refractivity contribution in [2.45, 2.75) is 19.8 Å². The average Bonchev–Trinajstić information content (AvgIpc) is 2.67. The lowest BCUT2D eigenvalue weighted by Gasteiger charge is -2.35. The van der Waals surface area contributed by atoms with Gasteiger partial charge in [0.1, 0.15) is 11.6 Å². The zero-order chi connectivity index (χ0) is 19.4. The van der Waals surface area contributed by atoms with Crippen LogP contribution in [0.25, 0.3) is 0 Å². The average molecular weight is 374 g/mol. The van der Waals surface area contributed by atoms with Crippen molar-refractivity contribution in [1.82, 2.24) is 15.2 Å². The van der Waals surface area contributed by atoms with Gasteiger partial charge in [-0.05, 0) is 19.2 Å². The zero-order valence-electron chi connectivity index (χ0n) is 16.3. The first-order valence-corrected chi connectivity index (χ1v) is 9.11. The van der Waals surface area contributed by atoms with Crippen molar-refractivity contribution in [3.63, 3.8) is 0 Å². The van der Waals surface area contributed by atoms with Gasteiger partial charge in [0.05, 0.1) is 19.3 Å². The minimum Gasteiger partial charge on any atom is -0.486 e. The fourth-order valence-electron chi connectivity index (χ4n) is 2.56. The van der Waals surface area contributed by atoms with E-state index in [4.69, 9.17) is 9.47 Å². The van der Waals surface area contributed by atoms with E-state index in [1.165, 1.54) is 13.2 Å². The summed E-state index contributed by atoms with van der Waals surface area (Å²) in [5.74, 6) is -1.70. The largest absolute Gasteiger partial charge is 0.486 e. The molecule has 0 radical (unpaired) electrons. The molecule has 1 aliphatic rings. The summed E-state index contributed by atoms with van der Waals surface area (Å²) in [6.07, 6.45) is 1.50. The smallest absolute Gasteiger partial charge is 0.293 e. The third-order valence-electron chi connectivity index (χ3n) is 3.91. The number of nitrogens with zero attached hydrogens (tertiary/aromatic N) is 3. The Bertz CT molecular complexity index is 481. The molecule has 0 unspecified atom stereocenters. The van der Waals surface area contributed by atoms with Crippen molar-refractivity contribution in [3.8, 4) is 5.75 Å². The molecule has 0 spiro atoms. The van der Waals surface area contributed by atoms with Gasteiger partial charge in [-0.25, -0.2) is 13.8 Å². The number of aromatic nitrogens is 1. The Morgan fingerprint density at radius 1 is 1.19 bits per heavy atom. The number of piperazine rings is 1. The number of halogens is 2. The predicted octanol–water partition coefficient (Wildman–Crippen LogP) is 2.11. The van der Waals surface area contributed by atoms with Gasteiger partial charge in [0.2, 0.25) is 0 Å². The zero-order valence-corrected chi connectivity index (χ0v) is 16.3. The molecule has 2 rings (SSSR count). The summed E-state index contributed by atoms with van der Waals surface area (Å²) in [4.78, 5) is 8.87. The van der Waals surface area contributed by atoms with E-state index < -0.39 is 19.1 Å². The number of nitrogens with one attached hydrogen (secondary N) is 1. The van der Waals surface area contributed by atoms with Crippen molar-refractivity contribution in [2.75, 3.05) is 71.5 Å². The summed E-state index contributed by atoms with van der Waals surface area (Å²) in [6.45, 7) is 8.29. The van der Waals surface area contributed by atoms with Crippen LogP contribution in [0.5, 0.6) is 5.75 Å². The molecule has 8 heteroatoms. The van der Waals surface area contributed by atoms with Crippen LogP contribution >= 0.6 is 0 Å². The highest BCUT2D eigenvalue weighted by Gasteiger charge is 2.29. The van der Waals surface area contributed by atoms with E-state index in [-0.39, 0.29) is 0 Å². The van der Waals surface area contributed by atoms with Crippen LogP contribution in [0.4, 0.5) is 14.6 Å². The Morgan fingerprint density at radius 3 is 2.42 bits per heavy atom. The van der Waals surface area contributed by atoms with Gasteiger partial charge >= 0.3 is 0 Å². The molecule has 1 saturated heterocycles. The lowest BCUT2D eigenvalue weighted by molar-refractivity contribution is -0.0375. The summed E-state index contributed by atoms with van der Waals surface area (Å²) in [5, 5.41) is 2.45. The maximum absolute atomic E-state index is 13.4. The topological polar surface area (TPSA) is 49.9 Å². The first kappa shape index (κ1) is 22.5. The molecule has 0 atom stereocenters. The molecule has 6 nitrogen and oxygen atoms in total. The highest BCUT2D eigenvalue weighted by molar-refractivity contribution is 5.41. The Labute approximate surface area is 155 Å². The fraction of sp³-hybridized carbons (Fsp3) is 0.722. The van der Waals surface area contributed by atoms with Crippen molar-refractivity contribution < 1.29 is 18.3 Å². The summed E-state index contributed by atoms with van der Waals surface area (Å²) in [5.41, 5.74) is 0. The van der Waals surface area contributed by atoms with Crippen LogP contribution in [0.15, 0.2) is 18.3 Å². The van der Waals surface area contributed by atoms with Crippen LogP contribution in [-0.2, 0) is 4.74 Å². The Balaban J connectivity index is 0.00000163. The molecule has 1 N–H and O–H groups in total. The molecule has 0 amide bonds. The van der Waals surface area contributed by atoms with E-state index in [2.05, 4.69) is 20.1 Å². The van der Waals surface area contributed by atoms with Crippen molar-refractivity contribution in [1.29, 1.82) is 0 Å². The molecular weight excluding hydrogens is 342 g/mol. The van der Waals surface area contributed by atoms with Crippen LogP contribution in [0, 0.1) is 0 Å². The first-order valence-electron chi connectivity index (χ1n) is 9.11.